The predicted molar refractivity (Wildman–Crippen MR) is 87.2 cm³/mol. The zero-order valence-corrected chi connectivity index (χ0v) is 14.4. The number of rotatable bonds is 5. The number of ether oxygens (including phenoxy) is 1. The molecule has 1 unspecified atom stereocenters. The van der Waals surface area contributed by atoms with E-state index in [1.807, 2.05) is 6.92 Å². The Bertz CT molecular complexity index is 810. The zero-order valence-electron chi connectivity index (χ0n) is 14.4. The second kappa shape index (κ2) is 6.15. The van der Waals surface area contributed by atoms with Gasteiger partial charge >= 0.3 is 17.9 Å². The first-order valence-electron chi connectivity index (χ1n) is 7.96. The number of likely N-dealkylation sites (N-methyl/N-ethyl adjacent to an activating group) is 1. The van der Waals surface area contributed by atoms with Crippen LogP contribution in [0.5, 0.6) is 0 Å². The number of aryl methyl sites for hydroxylation is 1. The van der Waals surface area contributed by atoms with Gasteiger partial charge in [0.1, 0.15) is 11.9 Å². The van der Waals surface area contributed by atoms with E-state index in [2.05, 4.69) is 11.6 Å². The maximum atomic E-state index is 12.8. The van der Waals surface area contributed by atoms with Crippen molar-refractivity contribution in [2.24, 2.45) is 4.99 Å². The van der Waals surface area contributed by atoms with E-state index < -0.39 is 12.1 Å². The molecule has 25 heavy (non-hydrogen) atoms. The maximum absolute atomic E-state index is 12.8. The van der Waals surface area contributed by atoms with Crippen LogP contribution in [-0.4, -0.2) is 58.3 Å². The summed E-state index contributed by atoms with van der Waals surface area (Å²) in [5.41, 5.74) is 0.772. The highest BCUT2D eigenvalue weighted by Crippen LogP contribution is 2.29. The monoisotopic (exact) mass is 346 g/mol. The summed E-state index contributed by atoms with van der Waals surface area (Å²) >= 11 is 0. The first kappa shape index (κ1) is 16.9. The number of esters is 1. The van der Waals surface area contributed by atoms with Gasteiger partial charge in [0.25, 0.3) is 5.91 Å². The molecule has 3 amide bonds. The van der Waals surface area contributed by atoms with Crippen molar-refractivity contribution in [3.8, 4) is 0 Å². The van der Waals surface area contributed by atoms with Crippen molar-refractivity contribution in [3.05, 3.63) is 24.5 Å². The van der Waals surface area contributed by atoms with Gasteiger partial charge in [0, 0.05) is 13.6 Å². The number of carbonyl (C=O) groups excluding carboxylic acids is 3. The number of imidazole rings is 1. The third-order valence-corrected chi connectivity index (χ3v) is 4.23. The molecule has 9 nitrogen and oxygen atoms in total. The minimum Gasteiger partial charge on any atom is -0.464 e. The van der Waals surface area contributed by atoms with Gasteiger partial charge in [-0.3, -0.25) is 14.6 Å². The quantitative estimate of drug-likeness (QED) is 0.436. The number of nitrogens with zero attached hydrogens (tertiary/aromatic N) is 5. The van der Waals surface area contributed by atoms with Crippen LogP contribution in [0.15, 0.2) is 23.8 Å². The third kappa shape index (κ3) is 2.51. The Labute approximate surface area is 144 Å². The van der Waals surface area contributed by atoms with Crippen LogP contribution < -0.4 is 4.57 Å². The SMILES string of the molecule is C=CCN1C(=O)C2C(=Nc3n(CC(=O)OCC)c(C)c[n+]32)N(C)C1=O. The minimum absolute atomic E-state index is 0.00622. The molecule has 132 valence electrons. The summed E-state index contributed by atoms with van der Waals surface area (Å²) in [6.45, 7) is 7.56. The summed E-state index contributed by atoms with van der Waals surface area (Å²) < 4.78 is 8.35. The van der Waals surface area contributed by atoms with E-state index in [-0.39, 0.29) is 31.6 Å². The molecule has 3 rings (SSSR count). The van der Waals surface area contributed by atoms with Crippen molar-refractivity contribution in [1.82, 2.24) is 14.4 Å². The van der Waals surface area contributed by atoms with Crippen molar-refractivity contribution in [2.45, 2.75) is 26.4 Å². The molecule has 0 bridgehead atoms. The average molecular weight is 346 g/mol. The van der Waals surface area contributed by atoms with Crippen LogP contribution >= 0.6 is 0 Å². The third-order valence-electron chi connectivity index (χ3n) is 4.23. The smallest absolute Gasteiger partial charge is 0.402 e. The van der Waals surface area contributed by atoms with Gasteiger partial charge in [0.2, 0.25) is 11.9 Å². The molecule has 1 aromatic rings. The van der Waals surface area contributed by atoms with Gasteiger partial charge in [-0.25, -0.2) is 18.7 Å². The number of hydrogen-bond donors (Lipinski definition) is 0. The minimum atomic E-state index is -0.722. The number of urea groups is 1. The Hall–Kier alpha value is -2.97. The fourth-order valence-electron chi connectivity index (χ4n) is 3.06. The number of hydrogen-bond acceptors (Lipinski definition) is 5. The van der Waals surface area contributed by atoms with Crippen molar-refractivity contribution in [1.29, 1.82) is 0 Å². The van der Waals surface area contributed by atoms with Gasteiger partial charge in [0.05, 0.1) is 6.61 Å². The number of amidine groups is 1. The lowest BCUT2D eigenvalue weighted by Crippen LogP contribution is -2.62. The lowest BCUT2D eigenvalue weighted by molar-refractivity contribution is -0.677. The predicted octanol–water partition coefficient (Wildman–Crippen LogP) is 0.312. The summed E-state index contributed by atoms with van der Waals surface area (Å²) in [7, 11) is 1.58. The highest BCUT2D eigenvalue weighted by molar-refractivity contribution is 6.19. The van der Waals surface area contributed by atoms with Gasteiger partial charge in [0.15, 0.2) is 6.54 Å². The van der Waals surface area contributed by atoms with Gasteiger partial charge in [-0.05, 0) is 13.8 Å². The first-order valence-corrected chi connectivity index (χ1v) is 7.96. The number of carbonyl (C=O) groups is 3. The van der Waals surface area contributed by atoms with Crippen LogP contribution in [0.4, 0.5) is 10.7 Å². The summed E-state index contributed by atoms with van der Waals surface area (Å²) in [6.07, 6.45) is 3.26. The zero-order chi connectivity index (χ0) is 18.3. The summed E-state index contributed by atoms with van der Waals surface area (Å²) in [4.78, 5) is 43.9. The molecule has 0 N–H and O–H groups in total. The second-order valence-electron chi connectivity index (χ2n) is 5.82. The Balaban J connectivity index is 2.02. The molecular formula is C16H20N5O4+. The number of aromatic nitrogens is 2. The Morgan fingerprint density at radius 2 is 2.20 bits per heavy atom. The van der Waals surface area contributed by atoms with Crippen LogP contribution in [0.3, 0.4) is 0 Å². The molecule has 3 heterocycles. The van der Waals surface area contributed by atoms with Gasteiger partial charge in [-0.2, -0.15) is 0 Å². The van der Waals surface area contributed by atoms with E-state index in [1.165, 1.54) is 11.0 Å². The van der Waals surface area contributed by atoms with Crippen LogP contribution in [0.2, 0.25) is 0 Å². The van der Waals surface area contributed by atoms with E-state index in [0.29, 0.717) is 11.8 Å². The molecule has 9 heteroatoms. The fourth-order valence-corrected chi connectivity index (χ4v) is 3.06. The summed E-state index contributed by atoms with van der Waals surface area (Å²) in [5.74, 6) is 0.0458. The van der Waals surface area contributed by atoms with Crippen molar-refractivity contribution >= 4 is 29.7 Å². The lowest BCUT2D eigenvalue weighted by Gasteiger charge is -2.32. The molecule has 1 aromatic heterocycles. The van der Waals surface area contributed by atoms with Crippen molar-refractivity contribution in [3.63, 3.8) is 0 Å². The van der Waals surface area contributed by atoms with Gasteiger partial charge < -0.3 is 4.74 Å². The number of imide groups is 1. The highest BCUT2D eigenvalue weighted by atomic mass is 16.5. The molecule has 0 aromatic carbocycles. The molecule has 1 saturated heterocycles. The van der Waals surface area contributed by atoms with Crippen LogP contribution in [-0.2, 0) is 20.9 Å². The Morgan fingerprint density at radius 1 is 1.48 bits per heavy atom. The molecule has 1 fully saturated rings. The molecule has 2 aliphatic rings. The van der Waals surface area contributed by atoms with E-state index >= 15 is 0 Å². The van der Waals surface area contributed by atoms with Crippen LogP contribution in [0.1, 0.15) is 18.7 Å². The molecule has 0 spiro atoms. The lowest BCUT2D eigenvalue weighted by atomic mass is 10.1. The van der Waals surface area contributed by atoms with Crippen molar-refractivity contribution in [2.75, 3.05) is 20.2 Å². The van der Waals surface area contributed by atoms with Crippen LogP contribution in [0.25, 0.3) is 0 Å². The van der Waals surface area contributed by atoms with E-state index in [0.717, 1.165) is 10.6 Å². The van der Waals surface area contributed by atoms with Crippen molar-refractivity contribution < 1.29 is 23.7 Å². The standard InChI is InChI=1S/C16H20N5O4/c1-5-7-19-14(23)12-13(18(4)16(19)24)17-15-20(9-11(22)25-6-2)10(3)8-21(12)15/h5,8,12H,1,6-7,9H2,2-4H3/q+1. The molecule has 0 saturated carbocycles. The number of fused-ring (bicyclic) bond motifs is 3. The second-order valence-corrected chi connectivity index (χ2v) is 5.82. The van der Waals surface area contributed by atoms with Crippen LogP contribution in [0, 0.1) is 6.92 Å². The first-order chi connectivity index (χ1) is 11.9. The average Bonchev–Trinajstić information content (AvgIpc) is 3.07. The maximum Gasteiger partial charge on any atom is 0.402 e. The molecule has 1 atom stereocenters. The summed E-state index contributed by atoms with van der Waals surface area (Å²) in [6, 6.07) is -1.17. The van der Waals surface area contributed by atoms with E-state index in [9.17, 15) is 14.4 Å². The molecule has 2 aliphatic heterocycles. The number of amides is 3. The van der Waals surface area contributed by atoms with Gasteiger partial charge in [-0.15, -0.1) is 6.58 Å². The topological polar surface area (TPSA) is 88.1 Å². The fraction of sp³-hybridized carbons (Fsp3) is 0.438. The summed E-state index contributed by atoms with van der Waals surface area (Å²) in [5, 5.41) is 0. The molecule has 0 radical (unpaired) electrons. The normalized spacial score (nSPS) is 18.8. The van der Waals surface area contributed by atoms with E-state index in [4.69, 9.17) is 4.74 Å². The Morgan fingerprint density at radius 3 is 2.84 bits per heavy atom. The van der Waals surface area contributed by atoms with Gasteiger partial charge in [-0.1, -0.05) is 11.1 Å². The van der Waals surface area contributed by atoms with E-state index in [1.54, 1.807) is 29.3 Å². The molecule has 0 aliphatic carbocycles. The molecular weight excluding hydrogens is 326 g/mol. The largest absolute Gasteiger partial charge is 0.464 e. The Kier molecular flexibility index (Phi) is 4.15. The number of aliphatic imine (C=N–C) groups is 1. The highest BCUT2D eigenvalue weighted by Gasteiger charge is 2.52.